The van der Waals surface area contributed by atoms with Gasteiger partial charge in [0.1, 0.15) is 0 Å². The lowest BCUT2D eigenvalue weighted by molar-refractivity contribution is 0.388. The molecule has 4 rings (SSSR count). The predicted molar refractivity (Wildman–Crippen MR) is 101 cm³/mol. The van der Waals surface area contributed by atoms with Crippen LogP contribution in [0.1, 0.15) is 31.4 Å². The van der Waals surface area contributed by atoms with Gasteiger partial charge in [0, 0.05) is 18.9 Å². The van der Waals surface area contributed by atoms with Crippen LogP contribution >= 0.6 is 0 Å². The first-order chi connectivity index (χ1) is 12.7. The summed E-state index contributed by atoms with van der Waals surface area (Å²) in [7, 11) is 0. The molecule has 0 aliphatic rings. The average Bonchev–Trinajstić information content (AvgIpc) is 3.30. The Hall–Kier alpha value is -2.99. The molecule has 0 fully saturated rings. The molecule has 132 valence electrons. The molecule has 0 aliphatic heterocycles. The van der Waals surface area contributed by atoms with Gasteiger partial charge in [0.05, 0.1) is 17.4 Å². The van der Waals surface area contributed by atoms with Crippen LogP contribution in [0.15, 0.2) is 67.0 Å². The molecular weight excluding hydrogens is 324 g/mol. The summed E-state index contributed by atoms with van der Waals surface area (Å²) in [5.74, 6) is 1.30. The van der Waals surface area contributed by atoms with Crippen LogP contribution in [-0.2, 0) is 6.54 Å². The summed E-state index contributed by atoms with van der Waals surface area (Å²) in [4.78, 5) is 0. The Kier molecular flexibility index (Phi) is 4.50. The van der Waals surface area contributed by atoms with Crippen LogP contribution in [0, 0.1) is 5.92 Å². The van der Waals surface area contributed by atoms with Crippen molar-refractivity contribution in [2.24, 2.45) is 5.92 Å². The number of nitrogens with zero attached hydrogens (tertiary/aromatic N) is 5. The zero-order chi connectivity index (χ0) is 17.9. The third kappa shape index (κ3) is 3.23. The number of rotatable bonds is 6. The van der Waals surface area contributed by atoms with Gasteiger partial charge in [-0.05, 0) is 36.2 Å². The molecular formula is C20H22N6. The topological polar surface area (TPSA) is 60.0 Å². The fraction of sp³-hybridized carbons (Fsp3) is 0.250. The van der Waals surface area contributed by atoms with Crippen molar-refractivity contribution in [3.63, 3.8) is 0 Å². The van der Waals surface area contributed by atoms with Crippen LogP contribution in [0.4, 0.5) is 0 Å². The highest BCUT2D eigenvalue weighted by Gasteiger charge is 2.21. The lowest BCUT2D eigenvalue weighted by Crippen LogP contribution is -2.27. The zero-order valence-corrected chi connectivity index (χ0v) is 14.9. The number of nitrogens with one attached hydrogen (secondary N) is 1. The Morgan fingerprint density at radius 3 is 2.54 bits per heavy atom. The summed E-state index contributed by atoms with van der Waals surface area (Å²) >= 11 is 0. The maximum absolute atomic E-state index is 4.67. The summed E-state index contributed by atoms with van der Waals surface area (Å²) in [6.07, 6.45) is 4.00. The molecule has 4 aromatic rings. The standard InChI is InChI=1S/C20H22N6/c1-15(2)19(20-23-22-18-10-6-7-12-25(18)20)21-14-16-11-13-26(24-16)17-8-4-3-5-9-17/h3-13,15,19,21H,14H2,1-2H3. The van der Waals surface area contributed by atoms with E-state index in [4.69, 9.17) is 0 Å². The molecule has 6 heteroatoms. The van der Waals surface area contributed by atoms with Crippen molar-refractivity contribution < 1.29 is 0 Å². The van der Waals surface area contributed by atoms with E-state index >= 15 is 0 Å². The van der Waals surface area contributed by atoms with Crippen LogP contribution in [0.2, 0.25) is 0 Å². The van der Waals surface area contributed by atoms with Gasteiger partial charge in [0.25, 0.3) is 0 Å². The summed E-state index contributed by atoms with van der Waals surface area (Å²) in [6, 6.07) is 18.2. The Morgan fingerprint density at radius 2 is 1.73 bits per heavy atom. The van der Waals surface area contributed by atoms with Crippen molar-refractivity contribution in [2.45, 2.75) is 26.4 Å². The molecule has 3 aromatic heterocycles. The van der Waals surface area contributed by atoms with Gasteiger partial charge in [0.2, 0.25) is 0 Å². The molecule has 1 unspecified atom stereocenters. The molecule has 0 saturated carbocycles. The molecule has 3 heterocycles. The lowest BCUT2D eigenvalue weighted by atomic mass is 10.0. The zero-order valence-electron chi connectivity index (χ0n) is 14.9. The maximum atomic E-state index is 4.67. The van der Waals surface area contributed by atoms with E-state index in [1.54, 1.807) is 0 Å². The van der Waals surface area contributed by atoms with E-state index in [2.05, 4.69) is 34.5 Å². The van der Waals surface area contributed by atoms with Crippen molar-refractivity contribution in [3.8, 4) is 5.69 Å². The van der Waals surface area contributed by atoms with Crippen molar-refractivity contribution in [1.29, 1.82) is 0 Å². The minimum absolute atomic E-state index is 0.0919. The molecule has 1 N–H and O–H groups in total. The highest BCUT2D eigenvalue weighted by Crippen LogP contribution is 2.21. The van der Waals surface area contributed by atoms with Crippen molar-refractivity contribution >= 4 is 5.65 Å². The second-order valence-electron chi connectivity index (χ2n) is 6.68. The number of benzene rings is 1. The smallest absolute Gasteiger partial charge is 0.160 e. The average molecular weight is 346 g/mol. The molecule has 0 radical (unpaired) electrons. The van der Waals surface area contributed by atoms with Gasteiger partial charge in [-0.15, -0.1) is 10.2 Å². The quantitative estimate of drug-likeness (QED) is 0.581. The van der Waals surface area contributed by atoms with Crippen molar-refractivity contribution in [3.05, 3.63) is 78.5 Å². The van der Waals surface area contributed by atoms with E-state index in [0.717, 1.165) is 22.9 Å². The number of fused-ring (bicyclic) bond motifs is 1. The predicted octanol–water partition coefficient (Wildman–Crippen LogP) is 3.40. The van der Waals surface area contributed by atoms with E-state index in [1.165, 1.54) is 0 Å². The van der Waals surface area contributed by atoms with Gasteiger partial charge in [-0.25, -0.2) is 4.68 Å². The van der Waals surface area contributed by atoms with Crippen molar-refractivity contribution in [2.75, 3.05) is 0 Å². The fourth-order valence-electron chi connectivity index (χ4n) is 3.09. The van der Waals surface area contributed by atoms with Crippen LogP contribution in [0.25, 0.3) is 11.3 Å². The highest BCUT2D eigenvalue weighted by molar-refractivity contribution is 5.37. The van der Waals surface area contributed by atoms with Gasteiger partial charge in [-0.3, -0.25) is 4.40 Å². The van der Waals surface area contributed by atoms with Crippen molar-refractivity contribution in [1.82, 2.24) is 29.7 Å². The number of para-hydroxylation sites is 1. The fourth-order valence-corrected chi connectivity index (χ4v) is 3.09. The number of hydrogen-bond donors (Lipinski definition) is 1. The third-order valence-electron chi connectivity index (χ3n) is 4.45. The molecule has 1 atom stereocenters. The number of hydrogen-bond acceptors (Lipinski definition) is 4. The van der Waals surface area contributed by atoms with Gasteiger partial charge in [-0.1, -0.05) is 38.1 Å². The second kappa shape index (κ2) is 7.09. The largest absolute Gasteiger partial charge is 0.301 e. The molecule has 0 spiro atoms. The van der Waals surface area contributed by atoms with Crippen LogP contribution in [-0.4, -0.2) is 24.4 Å². The van der Waals surface area contributed by atoms with Gasteiger partial charge in [-0.2, -0.15) is 5.10 Å². The normalized spacial score (nSPS) is 12.7. The lowest BCUT2D eigenvalue weighted by Gasteiger charge is -2.20. The molecule has 0 aliphatic carbocycles. The highest BCUT2D eigenvalue weighted by atomic mass is 15.3. The van der Waals surface area contributed by atoms with E-state index in [-0.39, 0.29) is 6.04 Å². The first kappa shape index (κ1) is 16.5. The van der Waals surface area contributed by atoms with Gasteiger partial charge < -0.3 is 5.32 Å². The maximum Gasteiger partial charge on any atom is 0.160 e. The first-order valence-electron chi connectivity index (χ1n) is 8.85. The Labute approximate surface area is 152 Å². The molecule has 1 aromatic carbocycles. The Bertz CT molecular complexity index is 986. The summed E-state index contributed by atoms with van der Waals surface area (Å²) in [5, 5.41) is 16.9. The summed E-state index contributed by atoms with van der Waals surface area (Å²) < 4.78 is 3.94. The third-order valence-corrected chi connectivity index (χ3v) is 4.45. The Morgan fingerprint density at radius 1 is 0.923 bits per heavy atom. The van der Waals surface area contributed by atoms with E-state index in [9.17, 15) is 0 Å². The second-order valence-corrected chi connectivity index (χ2v) is 6.68. The van der Waals surface area contributed by atoms with Crippen LogP contribution in [0.5, 0.6) is 0 Å². The van der Waals surface area contributed by atoms with Gasteiger partial charge in [0.15, 0.2) is 11.5 Å². The minimum Gasteiger partial charge on any atom is -0.301 e. The van der Waals surface area contributed by atoms with Crippen LogP contribution in [0.3, 0.4) is 0 Å². The molecule has 0 amide bonds. The van der Waals surface area contributed by atoms with E-state index in [1.807, 2.05) is 76.1 Å². The molecule has 0 bridgehead atoms. The van der Waals surface area contributed by atoms with Gasteiger partial charge >= 0.3 is 0 Å². The monoisotopic (exact) mass is 346 g/mol. The van der Waals surface area contributed by atoms with Crippen LogP contribution < -0.4 is 5.32 Å². The number of pyridine rings is 1. The Balaban J connectivity index is 1.53. The SMILES string of the molecule is CC(C)C(NCc1ccn(-c2ccccc2)n1)c1nnc2ccccn12. The van der Waals surface area contributed by atoms with E-state index < -0.39 is 0 Å². The minimum atomic E-state index is 0.0919. The molecule has 6 nitrogen and oxygen atoms in total. The summed E-state index contributed by atoms with van der Waals surface area (Å²) in [6.45, 7) is 5.04. The molecule has 26 heavy (non-hydrogen) atoms. The summed E-state index contributed by atoms with van der Waals surface area (Å²) in [5.41, 5.74) is 2.92. The number of aromatic nitrogens is 5. The first-order valence-corrected chi connectivity index (χ1v) is 8.85. The molecule has 0 saturated heterocycles. The van der Waals surface area contributed by atoms with E-state index in [0.29, 0.717) is 12.5 Å².